The highest BCUT2D eigenvalue weighted by Gasteiger charge is 2.16. The molecule has 0 aliphatic carbocycles. The molecule has 1 N–H and O–H groups in total. The standard InChI is InChI=1S/C13H25N3O3/c1-10(2)11(14-3)9-13-15-12(16-19-13)5-6-18-8-7-17-4/h10-11,14H,5-9H2,1-4H3. The van der Waals surface area contributed by atoms with Crippen LogP contribution in [0.25, 0.3) is 0 Å². The quantitative estimate of drug-likeness (QED) is 0.642. The summed E-state index contributed by atoms with van der Waals surface area (Å²) in [5.41, 5.74) is 0. The van der Waals surface area contributed by atoms with Crippen LogP contribution in [-0.2, 0) is 22.3 Å². The molecular formula is C13H25N3O3. The number of ether oxygens (including phenoxy) is 2. The largest absolute Gasteiger partial charge is 0.382 e. The molecule has 1 heterocycles. The number of aromatic nitrogens is 2. The summed E-state index contributed by atoms with van der Waals surface area (Å²) in [6, 6.07) is 0.353. The molecule has 110 valence electrons. The van der Waals surface area contributed by atoms with Crippen molar-refractivity contribution in [3.8, 4) is 0 Å². The molecule has 19 heavy (non-hydrogen) atoms. The highest BCUT2D eigenvalue weighted by Crippen LogP contribution is 2.08. The van der Waals surface area contributed by atoms with E-state index in [2.05, 4.69) is 29.3 Å². The van der Waals surface area contributed by atoms with Crippen LogP contribution in [-0.4, -0.2) is 50.2 Å². The number of methoxy groups -OCH3 is 1. The highest BCUT2D eigenvalue weighted by atomic mass is 16.5. The molecule has 1 atom stereocenters. The van der Waals surface area contributed by atoms with E-state index < -0.39 is 0 Å². The molecule has 0 amide bonds. The summed E-state index contributed by atoms with van der Waals surface area (Å²) in [4.78, 5) is 4.37. The van der Waals surface area contributed by atoms with Crippen molar-refractivity contribution in [1.29, 1.82) is 0 Å². The predicted molar refractivity (Wildman–Crippen MR) is 72.1 cm³/mol. The average molecular weight is 271 g/mol. The van der Waals surface area contributed by atoms with Gasteiger partial charge >= 0.3 is 0 Å². The van der Waals surface area contributed by atoms with E-state index in [-0.39, 0.29) is 0 Å². The first-order chi connectivity index (χ1) is 9.17. The van der Waals surface area contributed by atoms with Crippen LogP contribution >= 0.6 is 0 Å². The Kier molecular flexibility index (Phi) is 7.62. The van der Waals surface area contributed by atoms with Crippen molar-refractivity contribution in [2.24, 2.45) is 5.92 Å². The van der Waals surface area contributed by atoms with Gasteiger partial charge in [0.25, 0.3) is 0 Å². The van der Waals surface area contributed by atoms with Crippen molar-refractivity contribution in [1.82, 2.24) is 15.5 Å². The molecule has 6 nitrogen and oxygen atoms in total. The molecule has 0 aliphatic rings. The van der Waals surface area contributed by atoms with Gasteiger partial charge in [-0.25, -0.2) is 0 Å². The van der Waals surface area contributed by atoms with E-state index in [1.807, 2.05) is 7.05 Å². The van der Waals surface area contributed by atoms with Crippen LogP contribution in [0.4, 0.5) is 0 Å². The maximum Gasteiger partial charge on any atom is 0.228 e. The molecule has 0 aliphatic heterocycles. The van der Waals surface area contributed by atoms with Gasteiger partial charge in [0.2, 0.25) is 5.89 Å². The van der Waals surface area contributed by atoms with Crippen LogP contribution in [0.1, 0.15) is 25.6 Å². The van der Waals surface area contributed by atoms with E-state index in [1.54, 1.807) is 7.11 Å². The summed E-state index contributed by atoms with van der Waals surface area (Å²) in [7, 11) is 3.60. The van der Waals surface area contributed by atoms with E-state index in [0.29, 0.717) is 49.9 Å². The maximum atomic E-state index is 5.37. The van der Waals surface area contributed by atoms with Crippen molar-refractivity contribution in [2.45, 2.75) is 32.7 Å². The zero-order chi connectivity index (χ0) is 14.1. The summed E-state index contributed by atoms with van der Waals surface area (Å²) >= 11 is 0. The van der Waals surface area contributed by atoms with Gasteiger partial charge in [0, 0.05) is 26.0 Å². The van der Waals surface area contributed by atoms with Crippen molar-refractivity contribution in [2.75, 3.05) is 34.0 Å². The first-order valence-electron chi connectivity index (χ1n) is 6.72. The van der Waals surface area contributed by atoms with Crippen LogP contribution in [0.3, 0.4) is 0 Å². The monoisotopic (exact) mass is 271 g/mol. The lowest BCUT2D eigenvalue weighted by Crippen LogP contribution is -2.32. The fraction of sp³-hybridized carbons (Fsp3) is 0.846. The van der Waals surface area contributed by atoms with Gasteiger partial charge in [-0.05, 0) is 13.0 Å². The lowest BCUT2D eigenvalue weighted by molar-refractivity contribution is 0.0714. The fourth-order valence-electron chi connectivity index (χ4n) is 1.74. The number of hydrogen-bond acceptors (Lipinski definition) is 6. The molecule has 1 aromatic heterocycles. The van der Waals surface area contributed by atoms with Crippen molar-refractivity contribution in [3.05, 3.63) is 11.7 Å². The Morgan fingerprint density at radius 2 is 2.05 bits per heavy atom. The minimum atomic E-state index is 0.353. The predicted octanol–water partition coefficient (Wildman–Crippen LogP) is 1.06. The van der Waals surface area contributed by atoms with Gasteiger partial charge in [-0.1, -0.05) is 19.0 Å². The van der Waals surface area contributed by atoms with E-state index in [9.17, 15) is 0 Å². The third-order valence-electron chi connectivity index (χ3n) is 2.98. The van der Waals surface area contributed by atoms with Gasteiger partial charge in [-0.2, -0.15) is 4.98 Å². The number of likely N-dealkylation sites (N-methyl/N-ethyl adjacent to an activating group) is 1. The van der Waals surface area contributed by atoms with Crippen molar-refractivity contribution < 1.29 is 14.0 Å². The summed E-state index contributed by atoms with van der Waals surface area (Å²) in [5, 5.41) is 7.21. The molecule has 0 radical (unpaired) electrons. The van der Waals surface area contributed by atoms with Crippen LogP contribution in [0.2, 0.25) is 0 Å². The van der Waals surface area contributed by atoms with Crippen LogP contribution < -0.4 is 5.32 Å². The Morgan fingerprint density at radius 1 is 1.26 bits per heavy atom. The minimum Gasteiger partial charge on any atom is -0.382 e. The van der Waals surface area contributed by atoms with Crippen LogP contribution in [0.5, 0.6) is 0 Å². The molecule has 0 aromatic carbocycles. The number of rotatable bonds is 10. The van der Waals surface area contributed by atoms with E-state index >= 15 is 0 Å². The van der Waals surface area contributed by atoms with Crippen LogP contribution in [0, 0.1) is 5.92 Å². The molecule has 6 heteroatoms. The third kappa shape index (κ3) is 6.13. The lowest BCUT2D eigenvalue weighted by Gasteiger charge is -2.17. The second-order valence-electron chi connectivity index (χ2n) is 4.80. The number of nitrogens with one attached hydrogen (secondary N) is 1. The summed E-state index contributed by atoms with van der Waals surface area (Å²) in [6.45, 7) is 6.12. The Hall–Kier alpha value is -0.980. The smallest absolute Gasteiger partial charge is 0.228 e. The Bertz CT molecular complexity index is 342. The second kappa shape index (κ2) is 9.01. The number of nitrogens with zero attached hydrogens (tertiary/aromatic N) is 2. The molecule has 0 saturated carbocycles. The molecule has 1 aromatic rings. The highest BCUT2D eigenvalue weighted by molar-refractivity contribution is 4.90. The first-order valence-corrected chi connectivity index (χ1v) is 6.72. The second-order valence-corrected chi connectivity index (χ2v) is 4.80. The van der Waals surface area contributed by atoms with E-state index in [4.69, 9.17) is 14.0 Å². The van der Waals surface area contributed by atoms with Gasteiger partial charge < -0.3 is 19.3 Å². The molecule has 0 spiro atoms. The van der Waals surface area contributed by atoms with E-state index in [0.717, 1.165) is 6.42 Å². The van der Waals surface area contributed by atoms with Gasteiger partial charge in [-0.3, -0.25) is 0 Å². The molecule has 1 unspecified atom stereocenters. The summed E-state index contributed by atoms with van der Waals surface area (Å²) < 4.78 is 15.5. The van der Waals surface area contributed by atoms with Gasteiger partial charge in [0.15, 0.2) is 5.82 Å². The van der Waals surface area contributed by atoms with Crippen molar-refractivity contribution in [3.63, 3.8) is 0 Å². The molecule has 1 rings (SSSR count). The van der Waals surface area contributed by atoms with Crippen molar-refractivity contribution >= 4 is 0 Å². The zero-order valence-electron chi connectivity index (χ0n) is 12.3. The zero-order valence-corrected chi connectivity index (χ0v) is 12.3. The topological polar surface area (TPSA) is 69.4 Å². The first kappa shape index (κ1) is 16.1. The van der Waals surface area contributed by atoms with Gasteiger partial charge in [-0.15, -0.1) is 0 Å². The molecule has 0 bridgehead atoms. The molecular weight excluding hydrogens is 246 g/mol. The average Bonchev–Trinajstić information content (AvgIpc) is 2.83. The molecule has 0 fully saturated rings. The van der Waals surface area contributed by atoms with Crippen LogP contribution in [0.15, 0.2) is 4.52 Å². The SMILES string of the molecule is CNC(Cc1nc(CCOCCOC)no1)C(C)C. The third-order valence-corrected chi connectivity index (χ3v) is 2.98. The minimum absolute atomic E-state index is 0.353. The number of hydrogen-bond donors (Lipinski definition) is 1. The lowest BCUT2D eigenvalue weighted by atomic mass is 10.0. The summed E-state index contributed by atoms with van der Waals surface area (Å²) in [5.74, 6) is 1.91. The Morgan fingerprint density at radius 3 is 2.68 bits per heavy atom. The van der Waals surface area contributed by atoms with E-state index in [1.165, 1.54) is 0 Å². The van der Waals surface area contributed by atoms with Gasteiger partial charge in [0.1, 0.15) is 0 Å². The molecule has 0 saturated heterocycles. The Labute approximate surface area is 114 Å². The Balaban J connectivity index is 2.31. The fourth-order valence-corrected chi connectivity index (χ4v) is 1.74. The summed E-state index contributed by atoms with van der Waals surface area (Å²) in [6.07, 6.45) is 1.42. The normalized spacial score (nSPS) is 13.1. The maximum absolute atomic E-state index is 5.37. The van der Waals surface area contributed by atoms with Gasteiger partial charge in [0.05, 0.1) is 19.8 Å².